The molecule has 2 rings (SSSR count). The molecular formula is C14H19FN2O4. The number of nitrogens with zero attached hydrogens (tertiary/aromatic N) is 2. The van der Waals surface area contributed by atoms with Gasteiger partial charge in [0.2, 0.25) is 5.82 Å². The predicted molar refractivity (Wildman–Crippen MR) is 74.4 cm³/mol. The zero-order valence-corrected chi connectivity index (χ0v) is 11.7. The third-order valence-electron chi connectivity index (χ3n) is 3.59. The van der Waals surface area contributed by atoms with Crippen LogP contribution in [0.2, 0.25) is 0 Å². The molecule has 0 aromatic heterocycles. The number of piperidine rings is 1. The van der Waals surface area contributed by atoms with Crippen LogP contribution in [-0.4, -0.2) is 47.3 Å². The largest absolute Gasteiger partial charge is 0.394 e. The predicted octanol–water partition coefficient (Wildman–Crippen LogP) is 1.71. The van der Waals surface area contributed by atoms with E-state index in [9.17, 15) is 14.5 Å². The van der Waals surface area contributed by atoms with E-state index in [1.54, 1.807) is 6.07 Å². The smallest absolute Gasteiger partial charge is 0.304 e. The summed E-state index contributed by atoms with van der Waals surface area (Å²) in [6, 6.07) is 4.03. The summed E-state index contributed by atoms with van der Waals surface area (Å²) in [5.74, 6) is -0.793. The average Bonchev–Trinajstić information content (AvgIpc) is 2.46. The molecule has 1 aliphatic heterocycles. The maximum Gasteiger partial charge on any atom is 0.304 e. The average molecular weight is 298 g/mol. The Morgan fingerprint density at radius 2 is 2.14 bits per heavy atom. The second kappa shape index (κ2) is 7.44. The first-order valence-electron chi connectivity index (χ1n) is 6.98. The summed E-state index contributed by atoms with van der Waals surface area (Å²) >= 11 is 0. The number of rotatable bonds is 6. The van der Waals surface area contributed by atoms with Gasteiger partial charge in [0.1, 0.15) is 0 Å². The Kier molecular flexibility index (Phi) is 5.60. The van der Waals surface area contributed by atoms with Crippen LogP contribution in [0.15, 0.2) is 18.2 Å². The minimum absolute atomic E-state index is 0.0300. The Hall–Kier alpha value is -1.57. The Labute approximate surface area is 122 Å². The Morgan fingerprint density at radius 1 is 1.43 bits per heavy atom. The highest BCUT2D eigenvalue weighted by atomic mass is 19.1. The van der Waals surface area contributed by atoms with Crippen LogP contribution in [-0.2, 0) is 11.3 Å². The summed E-state index contributed by atoms with van der Waals surface area (Å²) in [4.78, 5) is 12.0. The van der Waals surface area contributed by atoms with Gasteiger partial charge in [0.15, 0.2) is 0 Å². The first-order chi connectivity index (χ1) is 10.1. The van der Waals surface area contributed by atoms with Crippen molar-refractivity contribution in [2.24, 2.45) is 0 Å². The molecule has 1 aromatic rings. The molecule has 7 heteroatoms. The molecule has 21 heavy (non-hydrogen) atoms. The molecule has 1 saturated heterocycles. The van der Waals surface area contributed by atoms with Crippen molar-refractivity contribution in [3.8, 4) is 0 Å². The van der Waals surface area contributed by atoms with Gasteiger partial charge >= 0.3 is 5.69 Å². The molecule has 116 valence electrons. The Balaban J connectivity index is 1.86. The molecule has 1 aromatic carbocycles. The van der Waals surface area contributed by atoms with Crippen molar-refractivity contribution in [2.75, 3.05) is 26.3 Å². The van der Waals surface area contributed by atoms with Gasteiger partial charge in [-0.3, -0.25) is 15.0 Å². The Bertz CT molecular complexity index is 490. The van der Waals surface area contributed by atoms with E-state index in [2.05, 4.69) is 4.90 Å². The van der Waals surface area contributed by atoms with Crippen molar-refractivity contribution in [3.05, 3.63) is 39.7 Å². The first-order valence-corrected chi connectivity index (χ1v) is 6.98. The Morgan fingerprint density at radius 3 is 2.71 bits per heavy atom. The van der Waals surface area contributed by atoms with Crippen LogP contribution in [0.4, 0.5) is 10.1 Å². The summed E-state index contributed by atoms with van der Waals surface area (Å²) in [6.07, 6.45) is 1.91. The number of likely N-dealkylation sites (tertiary alicyclic amines) is 1. The molecule has 0 saturated carbocycles. The number of benzene rings is 1. The van der Waals surface area contributed by atoms with Gasteiger partial charge in [-0.15, -0.1) is 0 Å². The van der Waals surface area contributed by atoms with Crippen LogP contribution in [0.25, 0.3) is 0 Å². The molecule has 1 fully saturated rings. The SMILES string of the molecule is O=[N+]([O-])c1ccc(CN2CCC(OCCO)CC2)cc1F. The molecule has 1 N–H and O–H groups in total. The topological polar surface area (TPSA) is 75.8 Å². The first kappa shape index (κ1) is 15.8. The van der Waals surface area contributed by atoms with Gasteiger partial charge in [0.25, 0.3) is 0 Å². The van der Waals surface area contributed by atoms with E-state index in [0.29, 0.717) is 13.2 Å². The molecular weight excluding hydrogens is 279 g/mol. The molecule has 0 unspecified atom stereocenters. The van der Waals surface area contributed by atoms with Gasteiger partial charge < -0.3 is 9.84 Å². The minimum Gasteiger partial charge on any atom is -0.394 e. The van der Waals surface area contributed by atoms with Crippen molar-refractivity contribution in [1.29, 1.82) is 0 Å². The van der Waals surface area contributed by atoms with E-state index in [4.69, 9.17) is 9.84 Å². The van der Waals surface area contributed by atoms with Gasteiger partial charge in [0, 0.05) is 25.7 Å². The lowest BCUT2D eigenvalue weighted by Crippen LogP contribution is -2.36. The molecule has 1 aliphatic rings. The highest BCUT2D eigenvalue weighted by Gasteiger charge is 2.20. The van der Waals surface area contributed by atoms with E-state index < -0.39 is 16.4 Å². The summed E-state index contributed by atoms with van der Waals surface area (Å²) in [5.41, 5.74) is 0.239. The third-order valence-corrected chi connectivity index (χ3v) is 3.59. The molecule has 0 radical (unpaired) electrons. The lowest BCUT2D eigenvalue weighted by atomic mass is 10.1. The molecule has 0 amide bonds. The van der Waals surface area contributed by atoms with E-state index in [1.165, 1.54) is 12.1 Å². The number of nitro benzene ring substituents is 1. The van der Waals surface area contributed by atoms with Crippen LogP contribution in [0.3, 0.4) is 0 Å². The summed E-state index contributed by atoms with van der Waals surface area (Å²) in [7, 11) is 0. The van der Waals surface area contributed by atoms with Gasteiger partial charge in [-0.05, 0) is 24.5 Å². The van der Waals surface area contributed by atoms with Gasteiger partial charge in [-0.25, -0.2) is 0 Å². The zero-order valence-electron chi connectivity index (χ0n) is 11.7. The number of aliphatic hydroxyl groups excluding tert-OH is 1. The van der Waals surface area contributed by atoms with Crippen LogP contribution < -0.4 is 0 Å². The van der Waals surface area contributed by atoms with Crippen molar-refractivity contribution in [2.45, 2.75) is 25.5 Å². The number of hydrogen-bond donors (Lipinski definition) is 1. The number of ether oxygens (including phenoxy) is 1. The maximum absolute atomic E-state index is 13.6. The fourth-order valence-corrected chi connectivity index (χ4v) is 2.51. The van der Waals surface area contributed by atoms with Crippen molar-refractivity contribution < 1.29 is 19.2 Å². The van der Waals surface area contributed by atoms with Crippen molar-refractivity contribution >= 4 is 5.69 Å². The van der Waals surface area contributed by atoms with Crippen LogP contribution in [0.1, 0.15) is 18.4 Å². The minimum atomic E-state index is -0.793. The summed E-state index contributed by atoms with van der Waals surface area (Å²) < 4.78 is 19.0. The molecule has 0 atom stereocenters. The number of hydrogen-bond acceptors (Lipinski definition) is 5. The number of nitro groups is 1. The van der Waals surface area contributed by atoms with E-state index in [1.807, 2.05) is 0 Å². The van der Waals surface area contributed by atoms with Crippen LogP contribution in [0.5, 0.6) is 0 Å². The zero-order chi connectivity index (χ0) is 15.2. The number of halogens is 1. The standard InChI is InChI=1S/C14H19FN2O4/c15-13-9-11(1-2-14(13)17(19)20)10-16-5-3-12(4-6-16)21-8-7-18/h1-2,9,12,18H,3-8,10H2. The molecule has 0 aliphatic carbocycles. The fourth-order valence-electron chi connectivity index (χ4n) is 2.51. The third kappa shape index (κ3) is 4.45. The summed E-state index contributed by atoms with van der Waals surface area (Å²) in [6.45, 7) is 2.62. The van der Waals surface area contributed by atoms with E-state index in [-0.39, 0.29) is 12.7 Å². The molecule has 1 heterocycles. The number of aliphatic hydroxyl groups is 1. The summed E-state index contributed by atoms with van der Waals surface area (Å²) in [5, 5.41) is 19.3. The molecule has 0 spiro atoms. The van der Waals surface area contributed by atoms with Gasteiger partial charge in [-0.1, -0.05) is 6.07 Å². The highest BCUT2D eigenvalue weighted by Crippen LogP contribution is 2.21. The second-order valence-electron chi connectivity index (χ2n) is 5.11. The quantitative estimate of drug-likeness (QED) is 0.639. The van der Waals surface area contributed by atoms with Crippen LogP contribution in [0, 0.1) is 15.9 Å². The fraction of sp³-hybridized carbons (Fsp3) is 0.571. The molecule has 0 bridgehead atoms. The van der Waals surface area contributed by atoms with E-state index >= 15 is 0 Å². The second-order valence-corrected chi connectivity index (χ2v) is 5.11. The lowest BCUT2D eigenvalue weighted by Gasteiger charge is -2.31. The highest BCUT2D eigenvalue weighted by molar-refractivity contribution is 5.34. The van der Waals surface area contributed by atoms with Gasteiger partial charge in [-0.2, -0.15) is 4.39 Å². The monoisotopic (exact) mass is 298 g/mol. The maximum atomic E-state index is 13.6. The van der Waals surface area contributed by atoms with E-state index in [0.717, 1.165) is 31.5 Å². The van der Waals surface area contributed by atoms with Crippen molar-refractivity contribution in [1.82, 2.24) is 4.90 Å². The molecule has 6 nitrogen and oxygen atoms in total. The van der Waals surface area contributed by atoms with Gasteiger partial charge in [0.05, 0.1) is 24.2 Å². The normalized spacial score (nSPS) is 17.0. The lowest BCUT2D eigenvalue weighted by molar-refractivity contribution is -0.387. The van der Waals surface area contributed by atoms with Crippen molar-refractivity contribution in [3.63, 3.8) is 0 Å². The van der Waals surface area contributed by atoms with Crippen LogP contribution >= 0.6 is 0 Å².